The number of hydrogen-bond donors (Lipinski definition) is 3. The predicted octanol–water partition coefficient (Wildman–Crippen LogP) is 2.04. The first-order valence-corrected chi connectivity index (χ1v) is 7.04. The minimum absolute atomic E-state index is 0.0385. The lowest BCUT2D eigenvalue weighted by Gasteiger charge is -2.40. The van der Waals surface area contributed by atoms with Gasteiger partial charge >= 0.3 is 0 Å². The van der Waals surface area contributed by atoms with Gasteiger partial charge in [-0.3, -0.25) is 0 Å². The van der Waals surface area contributed by atoms with Crippen molar-refractivity contribution in [2.24, 2.45) is 5.84 Å². The summed E-state index contributed by atoms with van der Waals surface area (Å²) in [5.41, 5.74) is 2.43. The third-order valence-corrected chi connectivity index (χ3v) is 3.83. The summed E-state index contributed by atoms with van der Waals surface area (Å²) in [6, 6.07) is 1.82. The molecule has 1 fully saturated rings. The number of ether oxygens (including phenoxy) is 1. The van der Waals surface area contributed by atoms with Crippen LogP contribution in [0.25, 0.3) is 0 Å². The monoisotopic (exact) mass is 279 g/mol. The average molecular weight is 279 g/mol. The van der Waals surface area contributed by atoms with Gasteiger partial charge in [-0.2, -0.15) is 0 Å². The number of rotatable bonds is 5. The summed E-state index contributed by atoms with van der Waals surface area (Å²) < 4.78 is 5.60. The van der Waals surface area contributed by atoms with Crippen molar-refractivity contribution in [3.63, 3.8) is 0 Å². The summed E-state index contributed by atoms with van der Waals surface area (Å²) in [5.74, 6) is 7.64. The Morgan fingerprint density at radius 2 is 1.95 bits per heavy atom. The molecule has 0 unspecified atom stereocenters. The highest BCUT2D eigenvalue weighted by Gasteiger charge is 2.36. The summed E-state index contributed by atoms with van der Waals surface area (Å²) in [7, 11) is 1.77. The molecule has 6 heteroatoms. The highest BCUT2D eigenvalue weighted by atomic mass is 16.5. The minimum atomic E-state index is -0.126. The molecule has 112 valence electrons. The van der Waals surface area contributed by atoms with E-state index in [0.29, 0.717) is 5.82 Å². The highest BCUT2D eigenvalue weighted by Crippen LogP contribution is 2.35. The zero-order chi connectivity index (χ0) is 14.8. The van der Waals surface area contributed by atoms with E-state index in [1.807, 2.05) is 6.07 Å². The second-order valence-corrected chi connectivity index (χ2v) is 6.45. The number of nitrogen functional groups attached to an aromatic ring is 1. The van der Waals surface area contributed by atoms with Crippen LogP contribution in [-0.2, 0) is 10.2 Å². The molecule has 0 bridgehead atoms. The molecule has 0 radical (unpaired) electrons. The van der Waals surface area contributed by atoms with Crippen LogP contribution in [-0.4, -0.2) is 29.2 Å². The maximum atomic E-state index is 5.60. The van der Waals surface area contributed by atoms with E-state index in [9.17, 15) is 0 Å². The van der Waals surface area contributed by atoms with Gasteiger partial charge in [0.25, 0.3) is 0 Å². The van der Waals surface area contributed by atoms with Crippen LogP contribution in [0.5, 0.6) is 0 Å². The van der Waals surface area contributed by atoms with Gasteiger partial charge < -0.3 is 15.5 Å². The number of aromatic nitrogens is 2. The van der Waals surface area contributed by atoms with Crippen LogP contribution < -0.4 is 16.6 Å². The summed E-state index contributed by atoms with van der Waals surface area (Å²) in [6.07, 6.45) is 3.41. The first-order valence-electron chi connectivity index (χ1n) is 7.04. The Kier molecular flexibility index (Phi) is 4.15. The Morgan fingerprint density at radius 3 is 2.40 bits per heavy atom. The molecule has 0 saturated heterocycles. The molecule has 1 aliphatic rings. The van der Waals surface area contributed by atoms with Crippen molar-refractivity contribution in [2.45, 2.75) is 51.0 Å². The number of hydrazine groups is 1. The van der Waals surface area contributed by atoms with E-state index >= 15 is 0 Å². The topological polar surface area (TPSA) is 85.1 Å². The molecule has 1 heterocycles. The number of anilines is 2. The van der Waals surface area contributed by atoms with Gasteiger partial charge in [0.15, 0.2) is 0 Å². The van der Waals surface area contributed by atoms with E-state index in [1.165, 1.54) is 6.42 Å². The third-order valence-electron chi connectivity index (χ3n) is 3.83. The molecule has 0 aromatic carbocycles. The smallest absolute Gasteiger partial charge is 0.145 e. The summed E-state index contributed by atoms with van der Waals surface area (Å²) in [5, 5.41) is 3.35. The molecule has 1 aromatic rings. The second-order valence-electron chi connectivity index (χ2n) is 6.45. The van der Waals surface area contributed by atoms with E-state index < -0.39 is 0 Å². The largest absolute Gasteiger partial charge is 0.376 e. The Balaban J connectivity index is 2.14. The van der Waals surface area contributed by atoms with Gasteiger partial charge in [0.1, 0.15) is 17.5 Å². The summed E-state index contributed by atoms with van der Waals surface area (Å²) >= 11 is 0. The molecular formula is C14H25N5O. The van der Waals surface area contributed by atoms with Gasteiger partial charge in [0, 0.05) is 25.1 Å². The molecule has 1 saturated carbocycles. The fraction of sp³-hybridized carbons (Fsp3) is 0.714. The normalized spacial score (nSPS) is 17.4. The zero-order valence-electron chi connectivity index (χ0n) is 12.8. The molecular weight excluding hydrogens is 254 g/mol. The summed E-state index contributed by atoms with van der Waals surface area (Å²) in [6.45, 7) is 6.99. The summed E-state index contributed by atoms with van der Waals surface area (Å²) in [4.78, 5) is 8.98. The average Bonchev–Trinajstić information content (AvgIpc) is 2.36. The van der Waals surface area contributed by atoms with Crippen LogP contribution in [0.1, 0.15) is 45.9 Å². The van der Waals surface area contributed by atoms with Crippen molar-refractivity contribution in [1.29, 1.82) is 0 Å². The van der Waals surface area contributed by atoms with Gasteiger partial charge in [-0.15, -0.1) is 0 Å². The van der Waals surface area contributed by atoms with Crippen LogP contribution in [0.3, 0.4) is 0 Å². The van der Waals surface area contributed by atoms with E-state index in [-0.39, 0.29) is 11.0 Å². The third kappa shape index (κ3) is 3.19. The molecule has 0 atom stereocenters. The number of nitrogens with zero attached hydrogens (tertiary/aromatic N) is 2. The fourth-order valence-electron chi connectivity index (χ4n) is 2.22. The zero-order valence-corrected chi connectivity index (χ0v) is 12.8. The molecule has 6 nitrogen and oxygen atoms in total. The molecule has 20 heavy (non-hydrogen) atoms. The van der Waals surface area contributed by atoms with Crippen LogP contribution in [0.4, 0.5) is 11.6 Å². The Hall–Kier alpha value is -1.40. The highest BCUT2D eigenvalue weighted by molar-refractivity contribution is 5.47. The SMILES string of the molecule is COC1(CNc2cc(NN)nc(C(C)(C)C)n2)CCC1. The van der Waals surface area contributed by atoms with Crippen molar-refractivity contribution in [2.75, 3.05) is 24.4 Å². The first-order chi connectivity index (χ1) is 9.38. The lowest BCUT2D eigenvalue weighted by molar-refractivity contribution is -0.0601. The van der Waals surface area contributed by atoms with Crippen LogP contribution in [0, 0.1) is 0 Å². The van der Waals surface area contributed by atoms with E-state index in [1.54, 1.807) is 7.11 Å². The van der Waals surface area contributed by atoms with Gasteiger partial charge in [0.05, 0.1) is 5.60 Å². The maximum absolute atomic E-state index is 5.60. The second kappa shape index (κ2) is 5.54. The first kappa shape index (κ1) is 15.0. The van der Waals surface area contributed by atoms with Crippen molar-refractivity contribution in [1.82, 2.24) is 9.97 Å². The van der Waals surface area contributed by atoms with Crippen LogP contribution in [0.15, 0.2) is 6.07 Å². The Morgan fingerprint density at radius 1 is 1.30 bits per heavy atom. The minimum Gasteiger partial charge on any atom is -0.376 e. The standard InChI is InChI=1S/C14H25N5O/c1-13(2,3)12-17-10(8-11(18-12)19-15)16-9-14(20-4)6-5-7-14/h8H,5-7,9,15H2,1-4H3,(H2,16,17,18,19). The molecule has 2 rings (SSSR count). The van der Waals surface area contributed by atoms with Crippen molar-refractivity contribution >= 4 is 11.6 Å². The predicted molar refractivity (Wildman–Crippen MR) is 80.6 cm³/mol. The maximum Gasteiger partial charge on any atom is 0.145 e. The lowest BCUT2D eigenvalue weighted by atomic mass is 9.80. The molecule has 4 N–H and O–H groups in total. The fourth-order valence-corrected chi connectivity index (χ4v) is 2.22. The van der Waals surface area contributed by atoms with E-state index in [4.69, 9.17) is 10.6 Å². The molecule has 0 amide bonds. The van der Waals surface area contributed by atoms with Gasteiger partial charge in [-0.25, -0.2) is 15.8 Å². The molecule has 0 spiro atoms. The Bertz CT molecular complexity index is 460. The number of hydrogen-bond acceptors (Lipinski definition) is 6. The molecule has 1 aliphatic carbocycles. The number of nitrogens with one attached hydrogen (secondary N) is 2. The van der Waals surface area contributed by atoms with Gasteiger partial charge in [0.2, 0.25) is 0 Å². The van der Waals surface area contributed by atoms with Crippen molar-refractivity contribution in [3.05, 3.63) is 11.9 Å². The molecule has 0 aliphatic heterocycles. The number of nitrogens with two attached hydrogens (primary N) is 1. The quantitative estimate of drug-likeness (QED) is 0.565. The van der Waals surface area contributed by atoms with Crippen molar-refractivity contribution < 1.29 is 4.74 Å². The van der Waals surface area contributed by atoms with Gasteiger partial charge in [-0.1, -0.05) is 20.8 Å². The molecule has 1 aromatic heterocycles. The van der Waals surface area contributed by atoms with Crippen LogP contribution in [0.2, 0.25) is 0 Å². The van der Waals surface area contributed by atoms with E-state index in [2.05, 4.69) is 41.5 Å². The Labute approximate surface area is 120 Å². The van der Waals surface area contributed by atoms with E-state index in [0.717, 1.165) is 31.0 Å². The van der Waals surface area contributed by atoms with Gasteiger partial charge in [-0.05, 0) is 19.3 Å². The van der Waals surface area contributed by atoms with Crippen LogP contribution >= 0.6 is 0 Å². The lowest BCUT2D eigenvalue weighted by Crippen LogP contribution is -2.45. The number of methoxy groups -OCH3 is 1. The van der Waals surface area contributed by atoms with Crippen molar-refractivity contribution in [3.8, 4) is 0 Å².